The van der Waals surface area contributed by atoms with Gasteiger partial charge in [-0.2, -0.15) is 5.10 Å². The third-order valence-corrected chi connectivity index (χ3v) is 5.46. The van der Waals surface area contributed by atoms with E-state index in [-0.39, 0.29) is 0 Å². The number of nitrogens with zero attached hydrogens (tertiary/aromatic N) is 5. The lowest BCUT2D eigenvalue weighted by atomic mass is 10.1. The average Bonchev–Trinajstić information content (AvgIpc) is 3.28. The number of hydrogen-bond acceptors (Lipinski definition) is 4. The third-order valence-electron chi connectivity index (χ3n) is 5.46. The van der Waals surface area contributed by atoms with Crippen molar-refractivity contribution < 1.29 is 9.90 Å². The molecule has 8 heteroatoms. The summed E-state index contributed by atoms with van der Waals surface area (Å²) in [6, 6.07) is 15.0. The molecule has 0 unspecified atom stereocenters. The summed E-state index contributed by atoms with van der Waals surface area (Å²) in [7, 11) is 0. The Morgan fingerprint density at radius 1 is 1.00 bits per heavy atom. The van der Waals surface area contributed by atoms with Gasteiger partial charge in [-0.05, 0) is 49.7 Å². The minimum atomic E-state index is -1.07. The highest BCUT2D eigenvalue weighted by molar-refractivity contribution is 5.84. The van der Waals surface area contributed by atoms with Gasteiger partial charge in [-0.15, -0.1) is 0 Å². The molecular formula is C23H19N5O3. The fraction of sp³-hybridized carbons (Fsp3) is 0.130. The summed E-state index contributed by atoms with van der Waals surface area (Å²) in [6.07, 6.45) is 3.68. The summed E-state index contributed by atoms with van der Waals surface area (Å²) in [6.45, 7) is 3.37. The Kier molecular flexibility index (Phi) is 4.21. The van der Waals surface area contributed by atoms with Crippen molar-refractivity contribution >= 4 is 22.5 Å². The van der Waals surface area contributed by atoms with E-state index >= 15 is 0 Å². The van der Waals surface area contributed by atoms with Gasteiger partial charge < -0.3 is 5.11 Å². The lowest BCUT2D eigenvalue weighted by molar-refractivity contribution is -0.137. The number of hydrogen-bond donors (Lipinski definition) is 1. The van der Waals surface area contributed by atoms with Crippen LogP contribution in [0.4, 0.5) is 0 Å². The Balaban J connectivity index is 1.72. The molecule has 5 aromatic rings. The highest BCUT2D eigenvalue weighted by Crippen LogP contribution is 2.28. The maximum atomic E-state index is 13.2. The predicted molar refractivity (Wildman–Crippen MR) is 117 cm³/mol. The summed E-state index contributed by atoms with van der Waals surface area (Å²) in [5, 5.41) is 13.7. The average molecular weight is 413 g/mol. The van der Waals surface area contributed by atoms with Crippen molar-refractivity contribution in [1.29, 1.82) is 0 Å². The first kappa shape index (κ1) is 18.8. The standard InChI is InChI=1S/C23H19N5O3/c1-14-6-5-8-19-22(14)28(23(31)26(19)13-21(29)30)20-10-9-16(15(2)25-20)17-12-24-27-11-4-3-7-18(17)27/h3-12H,13H2,1-2H3,(H,29,30). The topological polar surface area (TPSA) is 94.4 Å². The second kappa shape index (κ2) is 6.94. The first-order valence-corrected chi connectivity index (χ1v) is 9.79. The minimum Gasteiger partial charge on any atom is -0.480 e. The molecule has 0 saturated heterocycles. The van der Waals surface area contributed by atoms with Crippen LogP contribution in [0.15, 0.2) is 65.7 Å². The maximum absolute atomic E-state index is 13.2. The summed E-state index contributed by atoms with van der Waals surface area (Å²) in [5.74, 6) is -0.624. The van der Waals surface area contributed by atoms with Gasteiger partial charge in [0.25, 0.3) is 0 Å². The van der Waals surface area contributed by atoms with Gasteiger partial charge in [-0.3, -0.25) is 9.36 Å². The number of aromatic nitrogens is 5. The first-order chi connectivity index (χ1) is 15.0. The van der Waals surface area contributed by atoms with Crippen LogP contribution >= 0.6 is 0 Å². The van der Waals surface area contributed by atoms with Crippen LogP contribution in [-0.2, 0) is 11.3 Å². The van der Waals surface area contributed by atoms with Gasteiger partial charge in [0.2, 0.25) is 0 Å². The molecule has 31 heavy (non-hydrogen) atoms. The number of imidazole rings is 1. The van der Waals surface area contributed by atoms with Gasteiger partial charge in [0, 0.05) is 23.0 Å². The van der Waals surface area contributed by atoms with E-state index in [0.717, 1.165) is 27.9 Å². The molecular weight excluding hydrogens is 394 g/mol. The number of pyridine rings is 2. The van der Waals surface area contributed by atoms with Crippen molar-refractivity contribution in [3.8, 4) is 16.9 Å². The van der Waals surface area contributed by atoms with Crippen LogP contribution in [0.1, 0.15) is 11.3 Å². The highest BCUT2D eigenvalue weighted by Gasteiger charge is 2.19. The summed E-state index contributed by atoms with van der Waals surface area (Å²) >= 11 is 0. The lowest BCUT2D eigenvalue weighted by Gasteiger charge is -2.09. The van der Waals surface area contributed by atoms with E-state index in [1.165, 1.54) is 9.13 Å². The molecule has 0 bridgehead atoms. The lowest BCUT2D eigenvalue weighted by Crippen LogP contribution is -2.26. The van der Waals surface area contributed by atoms with Gasteiger partial charge in [0.05, 0.1) is 22.7 Å². The molecule has 0 spiro atoms. The van der Waals surface area contributed by atoms with E-state index < -0.39 is 18.2 Å². The molecule has 0 saturated carbocycles. The van der Waals surface area contributed by atoms with E-state index in [9.17, 15) is 14.7 Å². The molecule has 154 valence electrons. The van der Waals surface area contributed by atoms with Crippen LogP contribution in [-0.4, -0.2) is 34.8 Å². The van der Waals surface area contributed by atoms with E-state index in [1.54, 1.807) is 22.8 Å². The Hall–Kier alpha value is -4.20. The fourth-order valence-corrected chi connectivity index (χ4v) is 4.07. The van der Waals surface area contributed by atoms with Crippen LogP contribution in [0.25, 0.3) is 33.5 Å². The Morgan fingerprint density at radius 3 is 2.58 bits per heavy atom. The largest absolute Gasteiger partial charge is 0.480 e. The number of carboxylic acid groups (broad SMARTS) is 1. The number of fused-ring (bicyclic) bond motifs is 2. The molecule has 0 fully saturated rings. The van der Waals surface area contributed by atoms with Crippen molar-refractivity contribution in [2.75, 3.05) is 0 Å². The number of carboxylic acids is 1. The highest BCUT2D eigenvalue weighted by atomic mass is 16.4. The van der Waals surface area contributed by atoms with Crippen LogP contribution in [0.3, 0.4) is 0 Å². The van der Waals surface area contributed by atoms with Crippen LogP contribution < -0.4 is 5.69 Å². The fourth-order valence-electron chi connectivity index (χ4n) is 4.07. The second-order valence-electron chi connectivity index (χ2n) is 7.43. The van der Waals surface area contributed by atoms with Crippen molar-refractivity contribution in [1.82, 2.24) is 23.7 Å². The molecule has 0 radical (unpaired) electrons. The predicted octanol–water partition coefficient (Wildman–Crippen LogP) is 3.20. The van der Waals surface area contributed by atoms with Crippen molar-refractivity contribution in [2.45, 2.75) is 20.4 Å². The molecule has 1 aromatic carbocycles. The number of carbonyl (C=O) groups is 1. The Morgan fingerprint density at radius 2 is 1.81 bits per heavy atom. The molecule has 5 rings (SSSR count). The van der Waals surface area contributed by atoms with Crippen molar-refractivity contribution in [3.05, 3.63) is 82.7 Å². The molecule has 4 heterocycles. The van der Waals surface area contributed by atoms with Crippen molar-refractivity contribution in [3.63, 3.8) is 0 Å². The molecule has 0 atom stereocenters. The van der Waals surface area contributed by atoms with E-state index in [0.29, 0.717) is 16.9 Å². The Bertz CT molecular complexity index is 1540. The summed E-state index contributed by atoms with van der Waals surface area (Å²) in [4.78, 5) is 29.2. The first-order valence-electron chi connectivity index (χ1n) is 9.79. The molecule has 0 aliphatic heterocycles. The van der Waals surface area contributed by atoms with Gasteiger partial charge in [0.15, 0.2) is 0 Å². The zero-order valence-corrected chi connectivity index (χ0v) is 17.0. The number of para-hydroxylation sites is 1. The molecule has 0 aliphatic carbocycles. The van der Waals surface area contributed by atoms with Crippen molar-refractivity contribution in [2.24, 2.45) is 0 Å². The number of aliphatic carboxylic acids is 1. The van der Waals surface area contributed by atoms with Gasteiger partial charge in [0.1, 0.15) is 12.4 Å². The quantitative estimate of drug-likeness (QED) is 0.488. The van der Waals surface area contributed by atoms with E-state index in [1.807, 2.05) is 56.4 Å². The van der Waals surface area contributed by atoms with Gasteiger partial charge in [-0.1, -0.05) is 18.2 Å². The molecule has 8 nitrogen and oxygen atoms in total. The summed E-state index contributed by atoms with van der Waals surface area (Å²) in [5.41, 5.74) is 5.25. The van der Waals surface area contributed by atoms with Crippen LogP contribution in [0.2, 0.25) is 0 Å². The molecule has 4 aromatic heterocycles. The smallest absolute Gasteiger partial charge is 0.335 e. The normalized spacial score (nSPS) is 11.4. The molecule has 0 aliphatic rings. The van der Waals surface area contributed by atoms with Crippen LogP contribution in [0, 0.1) is 13.8 Å². The number of benzene rings is 1. The van der Waals surface area contributed by atoms with Gasteiger partial charge in [-0.25, -0.2) is 18.9 Å². The van der Waals surface area contributed by atoms with E-state index in [2.05, 4.69) is 5.10 Å². The minimum absolute atomic E-state index is 0.411. The maximum Gasteiger partial charge on any atom is 0.335 e. The van der Waals surface area contributed by atoms with E-state index in [4.69, 9.17) is 4.98 Å². The zero-order chi connectivity index (χ0) is 21.7. The second-order valence-corrected chi connectivity index (χ2v) is 7.43. The Labute approximate surface area is 176 Å². The monoisotopic (exact) mass is 413 g/mol. The molecule has 1 N–H and O–H groups in total. The number of rotatable bonds is 4. The SMILES string of the molecule is Cc1nc(-n2c(=O)n(CC(=O)O)c3cccc(C)c32)ccc1-c1cnn2ccccc12. The van der Waals surface area contributed by atoms with Crippen LogP contribution in [0.5, 0.6) is 0 Å². The summed E-state index contributed by atoms with van der Waals surface area (Å²) < 4.78 is 4.55. The van der Waals surface area contributed by atoms with Gasteiger partial charge >= 0.3 is 11.7 Å². The molecule has 0 amide bonds. The third kappa shape index (κ3) is 2.92. The zero-order valence-electron chi connectivity index (χ0n) is 17.0. The number of aryl methyl sites for hydroxylation is 2.